The van der Waals surface area contributed by atoms with E-state index in [9.17, 15) is 9.59 Å². The normalized spacial score (nSPS) is 11.1. The zero-order chi connectivity index (χ0) is 31.2. The fraction of sp³-hybridized carbons (Fsp3) is 0.147. The van der Waals surface area contributed by atoms with Gasteiger partial charge >= 0.3 is 0 Å². The largest absolute Gasteiger partial charge is 0.351 e. The zero-order valence-electron chi connectivity index (χ0n) is 24.9. The van der Waals surface area contributed by atoms with Crippen LogP contribution in [0.1, 0.15) is 15.9 Å². The van der Waals surface area contributed by atoms with E-state index < -0.39 is 0 Å². The molecule has 3 N–H and O–H groups in total. The van der Waals surface area contributed by atoms with Crippen LogP contribution in [0.2, 0.25) is 0 Å². The third-order valence-corrected chi connectivity index (χ3v) is 7.77. The number of likely N-dealkylation sites (N-methyl/N-ethyl adjacent to an activating group) is 1. The Morgan fingerprint density at radius 3 is 2.58 bits per heavy atom. The van der Waals surface area contributed by atoms with Crippen LogP contribution in [-0.2, 0) is 11.2 Å². The Balaban J connectivity index is 1.25. The van der Waals surface area contributed by atoms with Gasteiger partial charge in [0.05, 0.1) is 17.8 Å². The first-order valence-electron chi connectivity index (χ1n) is 14.5. The van der Waals surface area contributed by atoms with Gasteiger partial charge < -0.3 is 20.9 Å². The molecule has 0 aliphatic rings. The van der Waals surface area contributed by atoms with Crippen LogP contribution in [0.3, 0.4) is 0 Å². The topological polar surface area (TPSA) is 117 Å². The molecule has 226 valence electrons. The molecular weight excluding hydrogens is 584 g/mol. The summed E-state index contributed by atoms with van der Waals surface area (Å²) in [6.07, 6.45) is 3.94. The molecule has 0 atom stereocenters. The smallest absolute Gasteiger partial charge is 0.251 e. The molecule has 0 aliphatic heterocycles. The molecule has 0 unspecified atom stereocenters. The average molecular weight is 617 g/mol. The highest BCUT2D eigenvalue weighted by atomic mass is 32.1. The Morgan fingerprint density at radius 2 is 1.73 bits per heavy atom. The molecule has 6 rings (SSSR count). The van der Waals surface area contributed by atoms with Crippen molar-refractivity contribution in [2.75, 3.05) is 37.8 Å². The van der Waals surface area contributed by atoms with Crippen molar-refractivity contribution in [1.29, 1.82) is 0 Å². The summed E-state index contributed by atoms with van der Waals surface area (Å²) in [5, 5.41) is 11.2. The lowest BCUT2D eigenvalue weighted by Crippen LogP contribution is -2.31. The van der Waals surface area contributed by atoms with Crippen molar-refractivity contribution in [3.8, 4) is 22.6 Å². The number of hydrogen-bond acceptors (Lipinski definition) is 8. The lowest BCUT2D eigenvalue weighted by Gasteiger charge is -2.11. The van der Waals surface area contributed by atoms with Crippen LogP contribution in [0, 0.1) is 0 Å². The van der Waals surface area contributed by atoms with Crippen molar-refractivity contribution < 1.29 is 9.59 Å². The van der Waals surface area contributed by atoms with Crippen molar-refractivity contribution in [2.45, 2.75) is 6.42 Å². The van der Waals surface area contributed by atoms with Crippen LogP contribution >= 0.6 is 11.3 Å². The van der Waals surface area contributed by atoms with Crippen molar-refractivity contribution in [3.63, 3.8) is 0 Å². The Hall–Kier alpha value is -5.39. The van der Waals surface area contributed by atoms with Crippen LogP contribution in [0.5, 0.6) is 0 Å². The summed E-state index contributed by atoms with van der Waals surface area (Å²) in [6, 6.07) is 26.4. The van der Waals surface area contributed by atoms with E-state index in [0.717, 1.165) is 34.0 Å². The van der Waals surface area contributed by atoms with Gasteiger partial charge in [0, 0.05) is 53.4 Å². The molecular formula is C34H32N8O2S. The number of amides is 2. The number of carbonyl (C=O) groups excluding carboxylic acids is 2. The summed E-state index contributed by atoms with van der Waals surface area (Å²) in [5.41, 5.74) is 5.94. The van der Waals surface area contributed by atoms with Gasteiger partial charge in [0.15, 0.2) is 4.96 Å². The molecule has 3 aromatic carbocycles. The van der Waals surface area contributed by atoms with Crippen LogP contribution in [-0.4, -0.2) is 63.3 Å². The minimum Gasteiger partial charge on any atom is -0.351 e. The molecule has 0 aliphatic carbocycles. The summed E-state index contributed by atoms with van der Waals surface area (Å²) in [5.74, 6) is 0.152. The van der Waals surface area contributed by atoms with E-state index in [2.05, 4.69) is 20.9 Å². The van der Waals surface area contributed by atoms with Gasteiger partial charge in [0.2, 0.25) is 11.9 Å². The van der Waals surface area contributed by atoms with Gasteiger partial charge in [-0.1, -0.05) is 48.5 Å². The first-order chi connectivity index (χ1) is 21.9. The van der Waals surface area contributed by atoms with Crippen molar-refractivity contribution in [1.82, 2.24) is 29.6 Å². The third-order valence-electron chi connectivity index (χ3n) is 7.01. The number of thiazole rings is 1. The maximum Gasteiger partial charge on any atom is 0.251 e. The average Bonchev–Trinajstić information content (AvgIpc) is 3.64. The number of benzene rings is 3. The Bertz CT molecular complexity index is 1950. The predicted octanol–water partition coefficient (Wildman–Crippen LogP) is 5.74. The number of rotatable bonds is 11. The summed E-state index contributed by atoms with van der Waals surface area (Å²) in [4.78, 5) is 42.4. The fourth-order valence-corrected chi connectivity index (χ4v) is 5.59. The van der Waals surface area contributed by atoms with E-state index in [1.807, 2.05) is 108 Å². The zero-order valence-corrected chi connectivity index (χ0v) is 25.7. The highest BCUT2D eigenvalue weighted by Crippen LogP contribution is 2.35. The lowest BCUT2D eigenvalue weighted by molar-refractivity contribution is -0.115. The molecule has 11 heteroatoms. The molecule has 3 heterocycles. The molecule has 0 bridgehead atoms. The number of nitrogens with one attached hydrogen (secondary N) is 3. The first-order valence-corrected chi connectivity index (χ1v) is 15.3. The van der Waals surface area contributed by atoms with E-state index in [1.165, 1.54) is 11.3 Å². The summed E-state index contributed by atoms with van der Waals surface area (Å²) in [6.45, 7) is 1.31. The molecule has 0 fully saturated rings. The number of nitrogens with zero attached hydrogens (tertiary/aromatic N) is 5. The minimum absolute atomic E-state index is 0.0916. The highest BCUT2D eigenvalue weighted by Gasteiger charge is 2.19. The fourth-order valence-electron chi connectivity index (χ4n) is 4.88. The van der Waals surface area contributed by atoms with Crippen molar-refractivity contribution in [2.24, 2.45) is 0 Å². The van der Waals surface area contributed by atoms with E-state index >= 15 is 0 Å². The second kappa shape index (κ2) is 13.5. The Kier molecular flexibility index (Phi) is 8.90. The maximum absolute atomic E-state index is 12.8. The second-order valence-electron chi connectivity index (χ2n) is 10.7. The van der Waals surface area contributed by atoms with E-state index in [0.29, 0.717) is 35.1 Å². The van der Waals surface area contributed by atoms with Crippen molar-refractivity contribution in [3.05, 3.63) is 114 Å². The first kappa shape index (κ1) is 29.7. The van der Waals surface area contributed by atoms with Crippen LogP contribution < -0.4 is 16.0 Å². The quantitative estimate of drug-likeness (QED) is 0.170. The molecule has 0 radical (unpaired) electrons. The minimum atomic E-state index is -0.141. The number of fused-ring (bicyclic) bond motifs is 1. The van der Waals surface area contributed by atoms with Crippen LogP contribution in [0.25, 0.3) is 27.6 Å². The second-order valence-corrected chi connectivity index (χ2v) is 11.6. The summed E-state index contributed by atoms with van der Waals surface area (Å²) < 4.78 is 2.01. The van der Waals surface area contributed by atoms with Gasteiger partial charge in [-0.05, 0) is 56.1 Å². The van der Waals surface area contributed by atoms with Gasteiger partial charge in [-0.3, -0.25) is 14.0 Å². The van der Waals surface area contributed by atoms with Crippen molar-refractivity contribution >= 4 is 45.4 Å². The molecule has 0 saturated heterocycles. The van der Waals surface area contributed by atoms with Crippen LogP contribution in [0.15, 0.2) is 103 Å². The standard InChI is InChI=1S/C34H32N8O2S/c1-41(2)17-16-35-32(44)25-11-7-13-27(22-25)38-33-36-15-14-28(39-33)31-30(40-34-42(31)18-19-45-34)24-10-6-12-26(21-24)37-29(43)20-23-8-4-3-5-9-23/h3-15,18-19,21-22H,16-17,20H2,1-2H3,(H,35,44)(H,37,43)(H,36,38,39). The van der Waals surface area contributed by atoms with E-state index in [4.69, 9.17) is 9.97 Å². The van der Waals surface area contributed by atoms with E-state index in [1.54, 1.807) is 18.3 Å². The number of anilines is 3. The van der Waals surface area contributed by atoms with Crippen LogP contribution in [0.4, 0.5) is 17.3 Å². The molecule has 0 spiro atoms. The number of aromatic nitrogens is 4. The summed E-state index contributed by atoms with van der Waals surface area (Å²) >= 11 is 1.53. The third kappa shape index (κ3) is 7.23. The Labute approximate surface area is 264 Å². The molecule has 45 heavy (non-hydrogen) atoms. The lowest BCUT2D eigenvalue weighted by atomic mass is 10.1. The van der Waals surface area contributed by atoms with Gasteiger partial charge in [-0.25, -0.2) is 15.0 Å². The summed E-state index contributed by atoms with van der Waals surface area (Å²) in [7, 11) is 3.93. The molecule has 3 aromatic heterocycles. The van der Waals surface area contributed by atoms with Gasteiger partial charge in [-0.2, -0.15) is 0 Å². The molecule has 0 saturated carbocycles. The van der Waals surface area contributed by atoms with E-state index in [-0.39, 0.29) is 18.2 Å². The number of hydrogen-bond donors (Lipinski definition) is 3. The predicted molar refractivity (Wildman–Crippen MR) is 179 cm³/mol. The van der Waals surface area contributed by atoms with Gasteiger partial charge in [0.25, 0.3) is 5.91 Å². The Morgan fingerprint density at radius 1 is 0.911 bits per heavy atom. The van der Waals surface area contributed by atoms with Gasteiger partial charge in [0.1, 0.15) is 5.69 Å². The SMILES string of the molecule is CN(C)CCNC(=O)c1cccc(Nc2nccc(-c3c(-c4cccc(NC(=O)Cc5ccccc5)c4)nc4sccn34)n2)c1. The number of carbonyl (C=O) groups is 2. The molecule has 6 aromatic rings. The molecule has 2 amide bonds. The number of imidazole rings is 1. The van der Waals surface area contributed by atoms with Gasteiger partial charge in [-0.15, -0.1) is 11.3 Å². The highest BCUT2D eigenvalue weighted by molar-refractivity contribution is 7.15. The monoisotopic (exact) mass is 616 g/mol. The molecule has 10 nitrogen and oxygen atoms in total. The maximum atomic E-state index is 12.8.